The van der Waals surface area contributed by atoms with E-state index in [1.54, 1.807) is 21.7 Å². The Bertz CT molecular complexity index is 1080. The van der Waals surface area contributed by atoms with Crippen molar-refractivity contribution in [3.8, 4) is 0 Å². The summed E-state index contributed by atoms with van der Waals surface area (Å²) in [4.78, 5) is 10.8. The molecule has 0 bridgehead atoms. The van der Waals surface area contributed by atoms with Gasteiger partial charge in [-0.05, 0) is 11.6 Å². The Kier molecular flexibility index (Phi) is 4.90. The summed E-state index contributed by atoms with van der Waals surface area (Å²) in [7, 11) is 0. The maximum absolute atomic E-state index is 13.8. The molecule has 1 aromatic carbocycles. The average Bonchev–Trinajstić information content (AvgIpc) is 3.20. The van der Waals surface area contributed by atoms with Gasteiger partial charge in [0.1, 0.15) is 5.82 Å². The molecule has 1 aliphatic heterocycles. The highest BCUT2D eigenvalue weighted by Crippen LogP contribution is 2.34. The summed E-state index contributed by atoms with van der Waals surface area (Å²) in [5.74, 6) is -1.82. The molecule has 154 valence electrons. The van der Waals surface area contributed by atoms with Crippen LogP contribution in [-0.4, -0.2) is 44.0 Å². The van der Waals surface area contributed by atoms with Gasteiger partial charge in [-0.3, -0.25) is 0 Å². The molecule has 4 rings (SSSR count). The summed E-state index contributed by atoms with van der Waals surface area (Å²) in [6, 6.07) is 5.35. The van der Waals surface area contributed by atoms with Crippen molar-refractivity contribution in [3.63, 3.8) is 0 Å². The molecular formula is C19H20Cl2F2N6. The first kappa shape index (κ1) is 20.2. The fourth-order valence-corrected chi connectivity index (χ4v) is 3.63. The minimum absolute atomic E-state index is 0.204. The van der Waals surface area contributed by atoms with Crippen molar-refractivity contribution in [2.24, 2.45) is 0 Å². The van der Waals surface area contributed by atoms with Gasteiger partial charge >= 0.3 is 0 Å². The summed E-state index contributed by atoms with van der Waals surface area (Å²) in [5, 5.41) is 9.28. The van der Waals surface area contributed by atoms with E-state index < -0.39 is 12.5 Å². The van der Waals surface area contributed by atoms with Crippen LogP contribution in [0.15, 0.2) is 18.2 Å². The molecule has 0 saturated carbocycles. The number of fused-ring (bicyclic) bond motifs is 1. The van der Waals surface area contributed by atoms with E-state index in [1.807, 2.05) is 26.8 Å². The third-order valence-corrected chi connectivity index (χ3v) is 5.69. The minimum Gasteiger partial charge on any atom is -0.348 e. The Labute approximate surface area is 176 Å². The second-order valence-electron chi connectivity index (χ2n) is 8.28. The first-order valence-electron chi connectivity index (χ1n) is 9.22. The number of benzene rings is 1. The number of alkyl halides is 2. The Morgan fingerprint density at radius 2 is 1.93 bits per heavy atom. The van der Waals surface area contributed by atoms with Crippen LogP contribution in [0.3, 0.4) is 0 Å². The van der Waals surface area contributed by atoms with Gasteiger partial charge in [0.25, 0.3) is 5.92 Å². The van der Waals surface area contributed by atoms with Crippen LogP contribution in [0.1, 0.15) is 38.6 Å². The van der Waals surface area contributed by atoms with Gasteiger partial charge in [0, 0.05) is 18.4 Å². The number of aromatic nitrogens is 5. The molecule has 3 aromatic rings. The van der Waals surface area contributed by atoms with Crippen molar-refractivity contribution in [1.82, 2.24) is 25.0 Å². The predicted molar refractivity (Wildman–Crippen MR) is 109 cm³/mol. The lowest BCUT2D eigenvalue weighted by Crippen LogP contribution is -2.27. The first-order chi connectivity index (χ1) is 13.5. The van der Waals surface area contributed by atoms with E-state index in [9.17, 15) is 8.78 Å². The zero-order valence-electron chi connectivity index (χ0n) is 16.3. The molecule has 0 amide bonds. The number of hydrogen-bond acceptors (Lipinski definition) is 5. The molecule has 0 radical (unpaired) electrons. The molecular weight excluding hydrogens is 421 g/mol. The van der Waals surface area contributed by atoms with Crippen molar-refractivity contribution in [1.29, 1.82) is 0 Å². The maximum atomic E-state index is 13.8. The fourth-order valence-electron chi connectivity index (χ4n) is 3.25. The van der Waals surface area contributed by atoms with Crippen LogP contribution in [0, 0.1) is 0 Å². The molecule has 0 N–H and O–H groups in total. The average molecular weight is 441 g/mol. The van der Waals surface area contributed by atoms with Gasteiger partial charge in [0.2, 0.25) is 0 Å². The third kappa shape index (κ3) is 3.88. The Morgan fingerprint density at radius 1 is 1.17 bits per heavy atom. The van der Waals surface area contributed by atoms with Crippen molar-refractivity contribution in [2.75, 3.05) is 18.0 Å². The normalized spacial score (nSPS) is 16.7. The summed E-state index contributed by atoms with van der Waals surface area (Å²) >= 11 is 12.4. The molecule has 0 spiro atoms. The largest absolute Gasteiger partial charge is 0.348 e. The van der Waals surface area contributed by atoms with E-state index >= 15 is 0 Å². The lowest BCUT2D eigenvalue weighted by molar-refractivity contribution is 0.0257. The zero-order valence-corrected chi connectivity index (χ0v) is 17.8. The highest BCUT2D eigenvalue weighted by atomic mass is 35.5. The van der Waals surface area contributed by atoms with Crippen LogP contribution in [-0.2, 0) is 12.0 Å². The molecule has 1 fully saturated rings. The minimum atomic E-state index is -2.75. The molecule has 3 heterocycles. The molecule has 10 heteroatoms. The molecule has 0 unspecified atom stereocenters. The van der Waals surface area contributed by atoms with E-state index in [1.165, 1.54) is 0 Å². The number of anilines is 1. The summed E-state index contributed by atoms with van der Waals surface area (Å²) in [6.45, 7) is 6.02. The zero-order chi connectivity index (χ0) is 21.0. The summed E-state index contributed by atoms with van der Waals surface area (Å²) < 4.78 is 29.3. The van der Waals surface area contributed by atoms with E-state index in [0.29, 0.717) is 39.4 Å². The molecule has 0 atom stereocenters. The highest BCUT2D eigenvalue weighted by Gasteiger charge is 2.40. The Balaban J connectivity index is 1.84. The van der Waals surface area contributed by atoms with Gasteiger partial charge in [-0.25, -0.2) is 23.4 Å². The molecule has 0 aliphatic carbocycles. The van der Waals surface area contributed by atoms with Gasteiger partial charge in [-0.15, -0.1) is 5.10 Å². The summed E-state index contributed by atoms with van der Waals surface area (Å²) in [5.41, 5.74) is 1.25. The van der Waals surface area contributed by atoms with Crippen LogP contribution >= 0.6 is 23.2 Å². The number of halogens is 4. The fraction of sp³-hybridized carbons (Fsp3) is 0.474. The van der Waals surface area contributed by atoms with Crippen molar-refractivity contribution in [3.05, 3.63) is 39.6 Å². The molecule has 6 nitrogen and oxygen atoms in total. The Hall–Kier alpha value is -2.06. The van der Waals surface area contributed by atoms with E-state index in [2.05, 4.69) is 20.3 Å². The topological polar surface area (TPSA) is 59.7 Å². The van der Waals surface area contributed by atoms with Gasteiger partial charge in [0.05, 0.1) is 23.1 Å². The quantitative estimate of drug-likeness (QED) is 0.589. The predicted octanol–water partition coefficient (Wildman–Crippen LogP) is 4.72. The van der Waals surface area contributed by atoms with Gasteiger partial charge in [-0.2, -0.15) is 0 Å². The van der Waals surface area contributed by atoms with E-state index in [4.69, 9.17) is 23.2 Å². The molecule has 1 aliphatic rings. The highest BCUT2D eigenvalue weighted by molar-refractivity contribution is 6.42. The second kappa shape index (κ2) is 7.02. The Morgan fingerprint density at radius 3 is 2.59 bits per heavy atom. The van der Waals surface area contributed by atoms with E-state index in [-0.39, 0.29) is 18.4 Å². The van der Waals surface area contributed by atoms with Crippen molar-refractivity contribution < 1.29 is 8.78 Å². The number of rotatable bonds is 3. The van der Waals surface area contributed by atoms with Gasteiger partial charge in [0.15, 0.2) is 17.0 Å². The van der Waals surface area contributed by atoms with Crippen LogP contribution < -0.4 is 4.90 Å². The standard InChI is InChI=1S/C19H20Cl2F2N6/c1-18(2,3)17-24-15(28-8-7-19(22,23)10-28)14-16(25-17)29(27-26-14)9-11-5-4-6-12(20)13(11)21/h4-6H,7-10H2,1-3H3. The molecule has 1 saturated heterocycles. The first-order valence-corrected chi connectivity index (χ1v) is 9.98. The lowest BCUT2D eigenvalue weighted by Gasteiger charge is -2.22. The number of hydrogen-bond donors (Lipinski definition) is 0. The molecule has 2 aromatic heterocycles. The summed E-state index contributed by atoms with van der Waals surface area (Å²) in [6.07, 6.45) is -0.213. The smallest absolute Gasteiger partial charge is 0.266 e. The van der Waals surface area contributed by atoms with Crippen LogP contribution in [0.5, 0.6) is 0 Å². The van der Waals surface area contributed by atoms with Crippen molar-refractivity contribution in [2.45, 2.75) is 45.1 Å². The third-order valence-electron chi connectivity index (χ3n) is 4.84. The maximum Gasteiger partial charge on any atom is 0.266 e. The number of nitrogens with zero attached hydrogens (tertiary/aromatic N) is 6. The second-order valence-corrected chi connectivity index (χ2v) is 9.07. The SMILES string of the molecule is CC(C)(C)c1nc(N2CCC(F)(F)C2)c2nnn(Cc3cccc(Cl)c3Cl)c2n1. The van der Waals surface area contributed by atoms with Crippen molar-refractivity contribution >= 4 is 40.2 Å². The van der Waals surface area contributed by atoms with Gasteiger partial charge < -0.3 is 4.90 Å². The van der Waals surface area contributed by atoms with Gasteiger partial charge in [-0.1, -0.05) is 61.3 Å². The van der Waals surface area contributed by atoms with Crippen LogP contribution in [0.2, 0.25) is 10.0 Å². The monoisotopic (exact) mass is 440 g/mol. The lowest BCUT2D eigenvalue weighted by atomic mass is 9.96. The van der Waals surface area contributed by atoms with Crippen LogP contribution in [0.4, 0.5) is 14.6 Å². The van der Waals surface area contributed by atoms with Crippen LogP contribution in [0.25, 0.3) is 11.2 Å². The van der Waals surface area contributed by atoms with E-state index in [0.717, 1.165) is 5.56 Å². The molecule has 29 heavy (non-hydrogen) atoms.